The molecule has 1 saturated heterocycles. The van der Waals surface area contributed by atoms with Gasteiger partial charge in [0.2, 0.25) is 0 Å². The van der Waals surface area contributed by atoms with Crippen molar-refractivity contribution in [3.05, 3.63) is 59.4 Å². The Kier molecular flexibility index (Phi) is 5.41. The van der Waals surface area contributed by atoms with E-state index in [4.69, 9.17) is 16.3 Å². The van der Waals surface area contributed by atoms with Crippen LogP contribution in [-0.4, -0.2) is 17.1 Å². The van der Waals surface area contributed by atoms with Gasteiger partial charge in [0.05, 0.1) is 11.6 Å². The van der Waals surface area contributed by atoms with E-state index in [2.05, 4.69) is 36.2 Å². The van der Waals surface area contributed by atoms with Gasteiger partial charge in [0.25, 0.3) is 0 Å². The maximum atomic E-state index is 12.4. The molecule has 3 nitrogen and oxygen atoms in total. The Balaban J connectivity index is 1.39. The van der Waals surface area contributed by atoms with Crippen molar-refractivity contribution >= 4 is 23.6 Å². The van der Waals surface area contributed by atoms with Gasteiger partial charge in [-0.05, 0) is 67.4 Å². The van der Waals surface area contributed by atoms with Crippen molar-refractivity contribution in [2.75, 3.05) is 0 Å². The molecule has 1 aromatic carbocycles. The molecule has 4 heteroatoms. The quantitative estimate of drug-likeness (QED) is 0.537. The summed E-state index contributed by atoms with van der Waals surface area (Å²) in [6, 6.07) is 12.0. The van der Waals surface area contributed by atoms with Crippen LogP contribution in [0.5, 0.6) is 0 Å². The van der Waals surface area contributed by atoms with Crippen LogP contribution in [0.25, 0.3) is 17.2 Å². The van der Waals surface area contributed by atoms with Crippen molar-refractivity contribution in [3.63, 3.8) is 0 Å². The van der Waals surface area contributed by atoms with Gasteiger partial charge in [-0.2, -0.15) is 0 Å². The fraction of sp³-hybridized carbons (Fsp3) is 0.462. The number of cyclic esters (lactones) is 1. The highest BCUT2D eigenvalue weighted by molar-refractivity contribution is 6.30. The number of aromatic nitrogens is 1. The van der Waals surface area contributed by atoms with Gasteiger partial charge in [0.1, 0.15) is 6.10 Å². The lowest BCUT2D eigenvalue weighted by Crippen LogP contribution is -2.42. The highest BCUT2D eigenvalue weighted by Crippen LogP contribution is 2.53. The lowest BCUT2D eigenvalue weighted by Gasteiger charge is -2.45. The molecule has 3 fully saturated rings. The van der Waals surface area contributed by atoms with Crippen LogP contribution in [-0.2, 0) is 9.53 Å². The molecular formula is C26H28ClNO2. The predicted molar refractivity (Wildman–Crippen MR) is 120 cm³/mol. The van der Waals surface area contributed by atoms with Crippen LogP contribution in [0.3, 0.4) is 0 Å². The van der Waals surface area contributed by atoms with Crippen LogP contribution in [0.4, 0.5) is 0 Å². The van der Waals surface area contributed by atoms with Gasteiger partial charge < -0.3 is 4.74 Å². The minimum absolute atomic E-state index is 0.0122. The highest BCUT2D eigenvalue weighted by atomic mass is 35.5. The number of carbonyl (C=O) groups is 1. The number of hydrogen-bond acceptors (Lipinski definition) is 3. The van der Waals surface area contributed by atoms with Crippen molar-refractivity contribution < 1.29 is 9.53 Å². The third-order valence-corrected chi connectivity index (χ3v) is 7.74. The molecule has 1 aliphatic heterocycles. The largest absolute Gasteiger partial charge is 0.462 e. The van der Waals surface area contributed by atoms with E-state index < -0.39 is 0 Å². The normalized spacial score (nSPS) is 33.2. The van der Waals surface area contributed by atoms with E-state index in [1.807, 2.05) is 30.5 Å². The zero-order valence-electron chi connectivity index (χ0n) is 17.3. The van der Waals surface area contributed by atoms with E-state index in [-0.39, 0.29) is 18.0 Å². The molecule has 1 aromatic heterocycles. The number of allylic oxidation sites excluding steroid dienone is 1. The molecule has 0 amide bonds. The Hall–Kier alpha value is -2.13. The molecule has 0 bridgehead atoms. The lowest BCUT2D eigenvalue weighted by molar-refractivity contribution is -0.144. The van der Waals surface area contributed by atoms with Gasteiger partial charge in [-0.3, -0.25) is 9.78 Å². The number of rotatable bonds is 3. The van der Waals surface area contributed by atoms with Crippen molar-refractivity contribution in [2.24, 2.45) is 29.6 Å². The smallest absolute Gasteiger partial charge is 0.309 e. The Bertz CT molecular complexity index is 954. The van der Waals surface area contributed by atoms with Crippen LogP contribution in [0.2, 0.25) is 5.02 Å². The molecule has 2 aliphatic carbocycles. The maximum absolute atomic E-state index is 12.4. The number of benzene rings is 1. The van der Waals surface area contributed by atoms with E-state index in [0.29, 0.717) is 23.7 Å². The summed E-state index contributed by atoms with van der Waals surface area (Å²) < 4.78 is 5.67. The second-order valence-electron chi connectivity index (χ2n) is 9.19. The summed E-state index contributed by atoms with van der Waals surface area (Å²) >= 11 is 6.12. The number of fused-ring (bicyclic) bond motifs is 2. The molecule has 30 heavy (non-hydrogen) atoms. The second-order valence-corrected chi connectivity index (χ2v) is 9.62. The monoisotopic (exact) mass is 421 g/mol. The van der Waals surface area contributed by atoms with Crippen molar-refractivity contribution in [1.82, 2.24) is 4.98 Å². The van der Waals surface area contributed by atoms with Crippen LogP contribution in [0.1, 0.15) is 44.7 Å². The Morgan fingerprint density at radius 1 is 1.13 bits per heavy atom. The molecule has 3 aliphatic rings. The summed E-state index contributed by atoms with van der Waals surface area (Å²) in [6.07, 6.45) is 12.6. The van der Waals surface area contributed by atoms with Crippen LogP contribution >= 0.6 is 11.6 Å². The van der Waals surface area contributed by atoms with Crippen LogP contribution in [0, 0.1) is 29.6 Å². The van der Waals surface area contributed by atoms with Gasteiger partial charge in [0.15, 0.2) is 0 Å². The molecule has 0 spiro atoms. The van der Waals surface area contributed by atoms with E-state index in [9.17, 15) is 4.79 Å². The molecule has 0 N–H and O–H groups in total. The first-order valence-electron chi connectivity index (χ1n) is 11.2. The summed E-state index contributed by atoms with van der Waals surface area (Å²) in [5.41, 5.74) is 3.08. The zero-order chi connectivity index (χ0) is 20.7. The molecule has 0 radical (unpaired) electrons. The minimum atomic E-state index is 0.0122. The molecular weight excluding hydrogens is 394 g/mol. The SMILES string of the molecule is CC1OC(=O)C2CC3CCCCC3C(/C=C/c3ccc(-c4cccc(Cl)c4)cn3)C12. The minimum Gasteiger partial charge on any atom is -0.462 e. The van der Waals surface area contributed by atoms with E-state index in [0.717, 1.165) is 28.3 Å². The van der Waals surface area contributed by atoms with Crippen LogP contribution < -0.4 is 0 Å². The Morgan fingerprint density at radius 2 is 2.00 bits per heavy atom. The fourth-order valence-corrected chi connectivity index (χ4v) is 6.33. The molecule has 5 rings (SSSR count). The first kappa shape index (κ1) is 19.8. The van der Waals surface area contributed by atoms with E-state index >= 15 is 0 Å². The fourth-order valence-electron chi connectivity index (χ4n) is 6.14. The Morgan fingerprint density at radius 3 is 2.80 bits per heavy atom. The summed E-state index contributed by atoms with van der Waals surface area (Å²) in [5.74, 6) is 2.12. The topological polar surface area (TPSA) is 39.2 Å². The molecule has 6 atom stereocenters. The van der Waals surface area contributed by atoms with Crippen molar-refractivity contribution in [3.8, 4) is 11.1 Å². The first-order chi connectivity index (χ1) is 14.6. The number of halogens is 1. The summed E-state index contributed by atoms with van der Waals surface area (Å²) in [6.45, 7) is 2.07. The molecule has 2 heterocycles. The van der Waals surface area contributed by atoms with Gasteiger partial charge >= 0.3 is 5.97 Å². The third-order valence-electron chi connectivity index (χ3n) is 7.51. The first-order valence-corrected chi connectivity index (χ1v) is 11.6. The maximum Gasteiger partial charge on any atom is 0.309 e. The average Bonchev–Trinajstić information content (AvgIpc) is 3.05. The second kappa shape index (κ2) is 8.19. The third kappa shape index (κ3) is 3.69. The molecule has 156 valence electrons. The lowest BCUT2D eigenvalue weighted by atomic mass is 9.57. The predicted octanol–water partition coefficient (Wildman–Crippen LogP) is 6.42. The van der Waals surface area contributed by atoms with Gasteiger partial charge in [-0.1, -0.05) is 55.1 Å². The number of carbonyl (C=O) groups excluding carboxylic acids is 1. The van der Waals surface area contributed by atoms with E-state index in [1.54, 1.807) is 0 Å². The zero-order valence-corrected chi connectivity index (χ0v) is 18.1. The van der Waals surface area contributed by atoms with Gasteiger partial charge in [-0.25, -0.2) is 0 Å². The summed E-state index contributed by atoms with van der Waals surface area (Å²) in [7, 11) is 0. The standard InChI is InChI=1S/C26H28ClNO2/c1-16-25-23(22-8-3-2-5-18(22)14-24(25)26(29)30-16)12-11-21-10-9-19(15-28-21)17-6-4-7-20(27)13-17/h4,6-7,9-13,15-16,18,22-25H,2-3,5,8,14H2,1H3/b12-11+. The van der Waals surface area contributed by atoms with E-state index in [1.165, 1.54) is 25.7 Å². The van der Waals surface area contributed by atoms with Crippen molar-refractivity contribution in [2.45, 2.75) is 45.1 Å². The number of pyridine rings is 1. The summed E-state index contributed by atoms with van der Waals surface area (Å²) in [5, 5.41) is 0.729. The summed E-state index contributed by atoms with van der Waals surface area (Å²) in [4.78, 5) is 17.1. The van der Waals surface area contributed by atoms with Crippen LogP contribution in [0.15, 0.2) is 48.7 Å². The average molecular weight is 422 g/mol. The highest BCUT2D eigenvalue weighted by Gasteiger charge is 2.53. The Labute approximate surface area is 183 Å². The van der Waals surface area contributed by atoms with Gasteiger partial charge in [-0.15, -0.1) is 0 Å². The van der Waals surface area contributed by atoms with Gasteiger partial charge in [0, 0.05) is 22.7 Å². The molecule has 6 unspecified atom stereocenters. The number of ether oxygens (including phenoxy) is 1. The number of nitrogens with zero attached hydrogens (tertiary/aromatic N) is 1. The molecule has 2 aromatic rings. The number of hydrogen-bond donors (Lipinski definition) is 0. The molecule has 2 saturated carbocycles. The number of esters is 1. The van der Waals surface area contributed by atoms with Crippen molar-refractivity contribution in [1.29, 1.82) is 0 Å².